The molecule has 0 aromatic heterocycles. The summed E-state index contributed by atoms with van der Waals surface area (Å²) in [6, 6.07) is 3.95. The van der Waals surface area contributed by atoms with E-state index in [1.165, 1.54) is 6.07 Å². The molecule has 0 saturated carbocycles. The summed E-state index contributed by atoms with van der Waals surface area (Å²) in [4.78, 5) is 10.8. The van der Waals surface area contributed by atoms with Gasteiger partial charge in [0.15, 0.2) is 0 Å². The van der Waals surface area contributed by atoms with Crippen LogP contribution in [0.25, 0.3) is 0 Å². The van der Waals surface area contributed by atoms with Crippen molar-refractivity contribution in [3.63, 3.8) is 0 Å². The number of nitrogens with zero attached hydrogens (tertiary/aromatic N) is 1. The summed E-state index contributed by atoms with van der Waals surface area (Å²) >= 11 is 0. The standard InChI is InChI=1S/C10H8F2N2O3/c11-10(12)17-8-6(9(15)16)2-1-5(3-13)7(8)4-14/h1-2,10H,4,14H2,(H,15,16). The summed E-state index contributed by atoms with van der Waals surface area (Å²) in [6.45, 7) is -3.46. The van der Waals surface area contributed by atoms with Gasteiger partial charge in [-0.25, -0.2) is 4.79 Å². The second kappa shape index (κ2) is 5.23. The first-order valence-corrected chi connectivity index (χ1v) is 4.45. The Kier molecular flexibility index (Phi) is 3.96. The lowest BCUT2D eigenvalue weighted by molar-refractivity contribution is -0.0509. The topological polar surface area (TPSA) is 96.3 Å². The number of carbonyl (C=O) groups is 1. The van der Waals surface area contributed by atoms with Crippen LogP contribution in [-0.2, 0) is 6.54 Å². The first kappa shape index (κ1) is 12.9. The Morgan fingerprint density at radius 1 is 1.59 bits per heavy atom. The number of halogens is 2. The van der Waals surface area contributed by atoms with Gasteiger partial charge in [-0.3, -0.25) is 0 Å². The van der Waals surface area contributed by atoms with Crippen LogP contribution in [0, 0.1) is 11.3 Å². The molecule has 1 rings (SSSR count). The smallest absolute Gasteiger partial charge is 0.387 e. The normalized spacial score (nSPS) is 10.1. The molecule has 0 aliphatic rings. The number of nitriles is 1. The van der Waals surface area contributed by atoms with E-state index in [1.54, 1.807) is 6.07 Å². The van der Waals surface area contributed by atoms with Crippen LogP contribution in [0.4, 0.5) is 8.78 Å². The Balaban J connectivity index is 3.45. The zero-order chi connectivity index (χ0) is 13.0. The lowest BCUT2D eigenvalue weighted by atomic mass is 10.0. The van der Waals surface area contributed by atoms with Gasteiger partial charge in [-0.05, 0) is 12.1 Å². The molecular weight excluding hydrogens is 234 g/mol. The van der Waals surface area contributed by atoms with E-state index in [2.05, 4.69) is 4.74 Å². The Hall–Kier alpha value is -2.20. The number of benzene rings is 1. The van der Waals surface area contributed by atoms with E-state index in [1.807, 2.05) is 0 Å². The Bertz CT molecular complexity index is 483. The Morgan fingerprint density at radius 3 is 2.65 bits per heavy atom. The first-order valence-electron chi connectivity index (χ1n) is 4.45. The number of hydrogen-bond acceptors (Lipinski definition) is 4. The highest BCUT2D eigenvalue weighted by molar-refractivity contribution is 5.91. The molecule has 0 amide bonds. The fraction of sp³-hybridized carbons (Fsp3) is 0.200. The van der Waals surface area contributed by atoms with Crippen molar-refractivity contribution in [2.24, 2.45) is 5.73 Å². The van der Waals surface area contributed by atoms with Gasteiger partial charge in [0.1, 0.15) is 11.3 Å². The number of rotatable bonds is 4. The average Bonchev–Trinajstić information content (AvgIpc) is 2.27. The van der Waals surface area contributed by atoms with Gasteiger partial charge >= 0.3 is 12.6 Å². The minimum Gasteiger partial charge on any atom is -0.478 e. The number of hydrogen-bond donors (Lipinski definition) is 2. The van der Waals surface area contributed by atoms with E-state index < -0.39 is 23.9 Å². The third-order valence-corrected chi connectivity index (χ3v) is 2.02. The molecule has 0 bridgehead atoms. The molecule has 0 spiro atoms. The molecule has 0 saturated heterocycles. The third-order valence-electron chi connectivity index (χ3n) is 2.02. The predicted molar refractivity (Wildman–Crippen MR) is 52.6 cm³/mol. The van der Waals surface area contributed by atoms with Crippen LogP contribution in [0.3, 0.4) is 0 Å². The van der Waals surface area contributed by atoms with Crippen molar-refractivity contribution < 1.29 is 23.4 Å². The van der Waals surface area contributed by atoms with Crippen molar-refractivity contribution in [3.05, 3.63) is 28.8 Å². The Morgan fingerprint density at radius 2 is 2.24 bits per heavy atom. The first-order chi connectivity index (χ1) is 8.01. The maximum absolute atomic E-state index is 12.2. The molecule has 1 aromatic rings. The molecule has 0 aliphatic heterocycles. The van der Waals surface area contributed by atoms with Crippen LogP contribution in [-0.4, -0.2) is 17.7 Å². The molecule has 17 heavy (non-hydrogen) atoms. The summed E-state index contributed by atoms with van der Waals surface area (Å²) in [5.74, 6) is -1.99. The van der Waals surface area contributed by atoms with E-state index in [9.17, 15) is 13.6 Å². The van der Waals surface area contributed by atoms with Crippen LogP contribution in [0.5, 0.6) is 5.75 Å². The summed E-state index contributed by atoms with van der Waals surface area (Å²) < 4.78 is 28.5. The lowest BCUT2D eigenvalue weighted by Gasteiger charge is -2.13. The van der Waals surface area contributed by atoms with Gasteiger partial charge < -0.3 is 15.6 Å². The zero-order valence-electron chi connectivity index (χ0n) is 8.48. The molecule has 0 heterocycles. The molecule has 90 valence electrons. The van der Waals surface area contributed by atoms with Gasteiger partial charge in [0.25, 0.3) is 0 Å². The molecule has 0 radical (unpaired) electrons. The van der Waals surface area contributed by atoms with Crippen molar-refractivity contribution in [1.29, 1.82) is 5.26 Å². The Labute approximate surface area is 95.0 Å². The number of alkyl halides is 2. The van der Waals surface area contributed by atoms with Crippen molar-refractivity contribution in [1.82, 2.24) is 0 Å². The second-order valence-corrected chi connectivity index (χ2v) is 2.97. The maximum atomic E-state index is 12.2. The van der Waals surface area contributed by atoms with E-state index in [0.29, 0.717) is 0 Å². The predicted octanol–water partition coefficient (Wildman–Crippen LogP) is 1.32. The lowest BCUT2D eigenvalue weighted by Crippen LogP contribution is -2.13. The van der Waals surface area contributed by atoms with Gasteiger partial charge in [-0.1, -0.05) is 0 Å². The summed E-state index contributed by atoms with van der Waals surface area (Å²) in [5, 5.41) is 17.6. The van der Waals surface area contributed by atoms with E-state index in [-0.39, 0.29) is 17.7 Å². The van der Waals surface area contributed by atoms with Crippen molar-refractivity contribution in [3.8, 4) is 11.8 Å². The van der Waals surface area contributed by atoms with Gasteiger partial charge in [0.2, 0.25) is 0 Å². The molecule has 0 atom stereocenters. The molecule has 0 aliphatic carbocycles. The van der Waals surface area contributed by atoms with Crippen molar-refractivity contribution in [2.75, 3.05) is 0 Å². The van der Waals surface area contributed by atoms with Crippen LogP contribution < -0.4 is 10.5 Å². The maximum Gasteiger partial charge on any atom is 0.387 e. The van der Waals surface area contributed by atoms with Gasteiger partial charge in [0.05, 0.1) is 11.6 Å². The highest BCUT2D eigenvalue weighted by Gasteiger charge is 2.21. The van der Waals surface area contributed by atoms with Crippen LogP contribution in [0.1, 0.15) is 21.5 Å². The highest BCUT2D eigenvalue weighted by atomic mass is 19.3. The molecule has 7 heteroatoms. The van der Waals surface area contributed by atoms with E-state index >= 15 is 0 Å². The largest absolute Gasteiger partial charge is 0.478 e. The minimum absolute atomic E-state index is 0.00755. The molecule has 0 fully saturated rings. The van der Waals surface area contributed by atoms with Gasteiger partial charge in [0, 0.05) is 12.1 Å². The van der Waals surface area contributed by atoms with Crippen LogP contribution in [0.15, 0.2) is 12.1 Å². The summed E-state index contributed by atoms with van der Waals surface area (Å²) in [7, 11) is 0. The third kappa shape index (κ3) is 2.68. The molecular formula is C10H8F2N2O3. The highest BCUT2D eigenvalue weighted by Crippen LogP contribution is 2.28. The van der Waals surface area contributed by atoms with Crippen LogP contribution >= 0.6 is 0 Å². The zero-order valence-corrected chi connectivity index (χ0v) is 8.48. The van der Waals surface area contributed by atoms with Gasteiger partial charge in [-0.2, -0.15) is 14.0 Å². The summed E-state index contributed by atoms with van der Waals surface area (Å²) in [5.41, 5.74) is 4.81. The summed E-state index contributed by atoms with van der Waals surface area (Å²) in [6.07, 6.45) is 0. The number of carboxylic acid groups (broad SMARTS) is 1. The van der Waals surface area contributed by atoms with E-state index in [4.69, 9.17) is 16.1 Å². The minimum atomic E-state index is -3.19. The number of aromatic carboxylic acids is 1. The van der Waals surface area contributed by atoms with Crippen molar-refractivity contribution >= 4 is 5.97 Å². The fourth-order valence-electron chi connectivity index (χ4n) is 1.33. The average molecular weight is 242 g/mol. The molecule has 0 unspecified atom stereocenters. The SMILES string of the molecule is N#Cc1ccc(C(=O)O)c(OC(F)F)c1CN. The van der Waals surface area contributed by atoms with Crippen LogP contribution in [0.2, 0.25) is 0 Å². The molecule has 1 aromatic carbocycles. The second-order valence-electron chi connectivity index (χ2n) is 2.97. The quantitative estimate of drug-likeness (QED) is 0.829. The van der Waals surface area contributed by atoms with Gasteiger partial charge in [-0.15, -0.1) is 0 Å². The fourth-order valence-corrected chi connectivity index (χ4v) is 1.33. The number of nitrogens with two attached hydrogens (primary N) is 1. The number of ether oxygens (including phenoxy) is 1. The molecule has 5 nitrogen and oxygen atoms in total. The monoisotopic (exact) mass is 242 g/mol. The van der Waals surface area contributed by atoms with E-state index in [0.717, 1.165) is 6.07 Å². The van der Waals surface area contributed by atoms with Crippen molar-refractivity contribution in [2.45, 2.75) is 13.2 Å². The number of carboxylic acids is 1. The molecule has 3 N–H and O–H groups in total.